The minimum atomic E-state index is 0.133. The number of hydrogen-bond donors (Lipinski definition) is 1. The highest BCUT2D eigenvalue weighted by Crippen LogP contribution is 2.33. The molecule has 0 spiro atoms. The summed E-state index contributed by atoms with van der Waals surface area (Å²) in [6.07, 6.45) is 3.87. The van der Waals surface area contributed by atoms with E-state index < -0.39 is 0 Å². The summed E-state index contributed by atoms with van der Waals surface area (Å²) in [5.74, 6) is 0.953. The van der Waals surface area contributed by atoms with Crippen LogP contribution < -0.4 is 10.6 Å². The van der Waals surface area contributed by atoms with E-state index in [1.807, 2.05) is 11.0 Å². The standard InChI is InChI=1S/C16H22N2O/c1-11-8-12-4-2-3-5-15(12)18(10-11)16(19)13-6-7-14(17)9-13/h2-5,11,13-14H,6-10,17H2,1H3. The van der Waals surface area contributed by atoms with Crippen molar-refractivity contribution < 1.29 is 4.79 Å². The molecule has 1 heterocycles. The Morgan fingerprint density at radius 2 is 2.11 bits per heavy atom. The number of carbonyl (C=O) groups excluding carboxylic acids is 1. The lowest BCUT2D eigenvalue weighted by molar-refractivity contribution is -0.122. The van der Waals surface area contributed by atoms with E-state index in [1.54, 1.807) is 0 Å². The second kappa shape index (κ2) is 4.97. The van der Waals surface area contributed by atoms with Crippen LogP contribution in [-0.4, -0.2) is 18.5 Å². The SMILES string of the molecule is CC1Cc2ccccc2N(C(=O)C2CCC(N)C2)C1. The minimum Gasteiger partial charge on any atom is -0.328 e. The van der Waals surface area contributed by atoms with Gasteiger partial charge in [0.25, 0.3) is 0 Å². The van der Waals surface area contributed by atoms with Crippen LogP contribution in [0.3, 0.4) is 0 Å². The van der Waals surface area contributed by atoms with Crippen molar-refractivity contribution in [3.8, 4) is 0 Å². The van der Waals surface area contributed by atoms with Crippen molar-refractivity contribution in [1.82, 2.24) is 0 Å². The van der Waals surface area contributed by atoms with Crippen molar-refractivity contribution in [1.29, 1.82) is 0 Å². The highest BCUT2D eigenvalue weighted by molar-refractivity contribution is 5.96. The first-order valence-corrected chi connectivity index (χ1v) is 7.30. The lowest BCUT2D eigenvalue weighted by atomic mass is 9.92. The Balaban J connectivity index is 1.86. The summed E-state index contributed by atoms with van der Waals surface area (Å²) in [6.45, 7) is 3.07. The molecule has 102 valence electrons. The quantitative estimate of drug-likeness (QED) is 0.840. The summed E-state index contributed by atoms with van der Waals surface area (Å²) >= 11 is 0. The van der Waals surface area contributed by atoms with Gasteiger partial charge in [0.1, 0.15) is 0 Å². The first-order valence-electron chi connectivity index (χ1n) is 7.30. The van der Waals surface area contributed by atoms with Gasteiger partial charge in [-0.05, 0) is 43.2 Å². The Bertz CT molecular complexity index is 485. The van der Waals surface area contributed by atoms with Crippen molar-refractivity contribution in [2.75, 3.05) is 11.4 Å². The van der Waals surface area contributed by atoms with Gasteiger partial charge in [0.2, 0.25) is 5.91 Å². The summed E-state index contributed by atoms with van der Waals surface area (Å²) in [4.78, 5) is 14.7. The predicted octanol–water partition coefficient (Wildman–Crippen LogP) is 2.34. The molecule has 0 saturated heterocycles. The Labute approximate surface area is 114 Å². The van der Waals surface area contributed by atoms with Gasteiger partial charge in [-0.3, -0.25) is 4.79 Å². The molecule has 0 bridgehead atoms. The summed E-state index contributed by atoms with van der Waals surface area (Å²) < 4.78 is 0. The van der Waals surface area contributed by atoms with Crippen molar-refractivity contribution in [2.45, 2.75) is 38.6 Å². The van der Waals surface area contributed by atoms with Crippen molar-refractivity contribution in [3.63, 3.8) is 0 Å². The number of rotatable bonds is 1. The number of benzene rings is 1. The normalized spacial score (nSPS) is 30.2. The van der Waals surface area contributed by atoms with Gasteiger partial charge >= 0.3 is 0 Å². The molecule has 1 amide bonds. The van der Waals surface area contributed by atoms with Crippen LogP contribution in [-0.2, 0) is 11.2 Å². The Morgan fingerprint density at radius 1 is 1.32 bits per heavy atom. The summed E-state index contributed by atoms with van der Waals surface area (Å²) in [5, 5.41) is 0. The van der Waals surface area contributed by atoms with E-state index in [9.17, 15) is 4.79 Å². The third-order valence-corrected chi connectivity index (χ3v) is 4.43. The number of nitrogens with two attached hydrogens (primary N) is 1. The van der Waals surface area contributed by atoms with Crippen molar-refractivity contribution >= 4 is 11.6 Å². The van der Waals surface area contributed by atoms with E-state index >= 15 is 0 Å². The molecule has 3 atom stereocenters. The fraction of sp³-hybridized carbons (Fsp3) is 0.562. The van der Waals surface area contributed by atoms with Crippen LogP contribution in [0.25, 0.3) is 0 Å². The maximum Gasteiger partial charge on any atom is 0.230 e. The van der Waals surface area contributed by atoms with E-state index in [4.69, 9.17) is 5.73 Å². The highest BCUT2D eigenvalue weighted by atomic mass is 16.2. The second-order valence-corrected chi connectivity index (χ2v) is 6.16. The lowest BCUT2D eigenvalue weighted by Gasteiger charge is -2.34. The molecule has 0 aromatic heterocycles. The van der Waals surface area contributed by atoms with Crippen LogP contribution in [0.4, 0.5) is 5.69 Å². The minimum absolute atomic E-state index is 0.133. The van der Waals surface area contributed by atoms with Gasteiger partial charge in [-0.15, -0.1) is 0 Å². The number of hydrogen-bond acceptors (Lipinski definition) is 2. The monoisotopic (exact) mass is 258 g/mol. The molecule has 1 aliphatic carbocycles. The van der Waals surface area contributed by atoms with Crippen LogP contribution >= 0.6 is 0 Å². The molecule has 19 heavy (non-hydrogen) atoms. The zero-order chi connectivity index (χ0) is 13.4. The van der Waals surface area contributed by atoms with E-state index in [0.717, 1.165) is 37.9 Å². The molecule has 1 aromatic rings. The smallest absolute Gasteiger partial charge is 0.230 e. The first-order chi connectivity index (χ1) is 9.15. The number of carbonyl (C=O) groups is 1. The van der Waals surface area contributed by atoms with Crippen LogP contribution in [0.2, 0.25) is 0 Å². The van der Waals surface area contributed by atoms with E-state index in [2.05, 4.69) is 25.1 Å². The average molecular weight is 258 g/mol. The third-order valence-electron chi connectivity index (χ3n) is 4.43. The zero-order valence-electron chi connectivity index (χ0n) is 11.5. The van der Waals surface area contributed by atoms with Crippen LogP contribution in [0, 0.1) is 11.8 Å². The molecule has 1 fully saturated rings. The van der Waals surface area contributed by atoms with Crippen molar-refractivity contribution in [2.24, 2.45) is 17.6 Å². The fourth-order valence-electron chi connectivity index (χ4n) is 3.47. The van der Waals surface area contributed by atoms with E-state index in [-0.39, 0.29) is 17.9 Å². The summed E-state index contributed by atoms with van der Waals surface area (Å²) in [7, 11) is 0. The molecule has 1 saturated carbocycles. The Hall–Kier alpha value is -1.35. The van der Waals surface area contributed by atoms with Crippen LogP contribution in [0.5, 0.6) is 0 Å². The number of amides is 1. The van der Waals surface area contributed by atoms with Crippen LogP contribution in [0.1, 0.15) is 31.7 Å². The molecule has 3 heteroatoms. The molecule has 3 nitrogen and oxygen atoms in total. The maximum atomic E-state index is 12.7. The fourth-order valence-corrected chi connectivity index (χ4v) is 3.47. The van der Waals surface area contributed by atoms with Gasteiger partial charge in [-0.1, -0.05) is 25.1 Å². The van der Waals surface area contributed by atoms with E-state index in [1.165, 1.54) is 5.56 Å². The van der Waals surface area contributed by atoms with Gasteiger partial charge < -0.3 is 10.6 Å². The molecule has 2 aliphatic rings. The summed E-state index contributed by atoms with van der Waals surface area (Å²) in [5.41, 5.74) is 8.36. The van der Waals surface area contributed by atoms with Crippen molar-refractivity contribution in [3.05, 3.63) is 29.8 Å². The second-order valence-electron chi connectivity index (χ2n) is 6.16. The molecule has 0 radical (unpaired) electrons. The number of para-hydroxylation sites is 1. The largest absolute Gasteiger partial charge is 0.328 e. The Kier molecular flexibility index (Phi) is 3.31. The number of nitrogens with zero attached hydrogens (tertiary/aromatic N) is 1. The molecule has 1 aliphatic heterocycles. The van der Waals surface area contributed by atoms with Gasteiger partial charge in [0, 0.05) is 24.2 Å². The maximum absolute atomic E-state index is 12.7. The Morgan fingerprint density at radius 3 is 2.84 bits per heavy atom. The molecular formula is C16H22N2O. The van der Waals surface area contributed by atoms with Gasteiger partial charge in [-0.25, -0.2) is 0 Å². The molecular weight excluding hydrogens is 236 g/mol. The van der Waals surface area contributed by atoms with Gasteiger partial charge in [0.05, 0.1) is 0 Å². The van der Waals surface area contributed by atoms with Gasteiger partial charge in [0.15, 0.2) is 0 Å². The van der Waals surface area contributed by atoms with Gasteiger partial charge in [-0.2, -0.15) is 0 Å². The molecule has 3 unspecified atom stereocenters. The zero-order valence-corrected chi connectivity index (χ0v) is 11.5. The summed E-state index contributed by atoms with van der Waals surface area (Å²) in [6, 6.07) is 8.52. The first kappa shape index (κ1) is 12.7. The topological polar surface area (TPSA) is 46.3 Å². The average Bonchev–Trinajstić information content (AvgIpc) is 2.83. The molecule has 1 aromatic carbocycles. The number of anilines is 1. The number of fused-ring (bicyclic) bond motifs is 1. The molecule has 2 N–H and O–H groups in total. The predicted molar refractivity (Wildman–Crippen MR) is 77.0 cm³/mol. The lowest BCUT2D eigenvalue weighted by Crippen LogP contribution is -2.42. The highest BCUT2D eigenvalue weighted by Gasteiger charge is 2.34. The molecule has 3 rings (SSSR count). The third kappa shape index (κ3) is 2.39. The van der Waals surface area contributed by atoms with E-state index in [0.29, 0.717) is 5.92 Å². The van der Waals surface area contributed by atoms with Crippen LogP contribution in [0.15, 0.2) is 24.3 Å².